The number of nitrogens with one attached hydrogen (secondary N) is 1. The van der Waals surface area contributed by atoms with E-state index < -0.39 is 23.6 Å². The third-order valence-corrected chi connectivity index (χ3v) is 2.36. The number of carbonyl (C=O) groups excluding carboxylic acids is 3. The number of ketones is 1. The molecule has 0 aliphatic carbocycles. The van der Waals surface area contributed by atoms with E-state index >= 15 is 0 Å². The lowest BCUT2D eigenvalue weighted by Gasteiger charge is -2.04. The van der Waals surface area contributed by atoms with Crippen LogP contribution in [0, 0.1) is 0 Å². The van der Waals surface area contributed by atoms with Crippen molar-refractivity contribution in [3.63, 3.8) is 0 Å². The molecule has 0 unspecified atom stereocenters. The number of esters is 1. The average molecular weight is 313 g/mol. The van der Waals surface area contributed by atoms with Gasteiger partial charge in [0.15, 0.2) is 5.78 Å². The Hall–Kier alpha value is -2.41. The van der Waals surface area contributed by atoms with E-state index in [0.717, 1.165) is 6.92 Å². The molecule has 0 fully saturated rings. The number of oxime groups is 1. The minimum absolute atomic E-state index is 0.0715. The van der Waals surface area contributed by atoms with Gasteiger partial charge >= 0.3 is 12.1 Å². The van der Waals surface area contributed by atoms with Gasteiger partial charge in [0, 0.05) is 17.6 Å². The summed E-state index contributed by atoms with van der Waals surface area (Å²) in [6.45, 7) is 2.75. The number of hydrogen-bond donors (Lipinski definition) is 1. The summed E-state index contributed by atoms with van der Waals surface area (Å²) in [6.07, 6.45) is -0.958. The normalized spacial score (nSPS) is 10.7. The fourth-order valence-corrected chi connectivity index (χ4v) is 1.33. The van der Waals surface area contributed by atoms with Crippen LogP contribution in [0.15, 0.2) is 29.4 Å². The van der Waals surface area contributed by atoms with Gasteiger partial charge in [0.05, 0.1) is 6.61 Å². The highest BCUT2D eigenvalue weighted by Gasteiger charge is 2.19. The molecule has 0 aliphatic heterocycles. The van der Waals surface area contributed by atoms with E-state index in [-0.39, 0.29) is 6.61 Å². The molecule has 0 atom stereocenters. The highest BCUT2D eigenvalue weighted by atomic mass is 35.5. The Morgan fingerprint density at radius 2 is 1.86 bits per heavy atom. The Morgan fingerprint density at radius 1 is 1.24 bits per heavy atom. The van der Waals surface area contributed by atoms with E-state index in [9.17, 15) is 14.4 Å². The molecule has 1 amide bonds. The molecular weight excluding hydrogens is 300 g/mol. The largest absolute Gasteiger partial charge is 0.461 e. The van der Waals surface area contributed by atoms with E-state index in [1.807, 2.05) is 0 Å². The Morgan fingerprint density at radius 3 is 2.38 bits per heavy atom. The molecule has 0 radical (unpaired) electrons. The maximum atomic E-state index is 11.5. The zero-order valence-electron chi connectivity index (χ0n) is 11.4. The van der Waals surface area contributed by atoms with Crippen molar-refractivity contribution >= 4 is 40.8 Å². The van der Waals surface area contributed by atoms with Gasteiger partial charge in [-0.2, -0.15) is 0 Å². The molecule has 7 nitrogen and oxygen atoms in total. The SMILES string of the molecule is CCOC(=O)C(=NOC(=O)Nc1ccc(Cl)cc1)C(C)=O. The van der Waals surface area contributed by atoms with Gasteiger partial charge in [-0.05, 0) is 31.2 Å². The summed E-state index contributed by atoms with van der Waals surface area (Å²) in [5.41, 5.74) is -0.178. The van der Waals surface area contributed by atoms with Crippen molar-refractivity contribution in [2.45, 2.75) is 13.8 Å². The molecule has 1 aromatic carbocycles. The average Bonchev–Trinajstić information content (AvgIpc) is 2.41. The number of nitrogens with zero attached hydrogens (tertiary/aromatic N) is 1. The van der Waals surface area contributed by atoms with Gasteiger partial charge in [0.25, 0.3) is 0 Å². The van der Waals surface area contributed by atoms with Crippen molar-refractivity contribution in [2.75, 3.05) is 11.9 Å². The topological polar surface area (TPSA) is 94.1 Å². The number of halogens is 1. The van der Waals surface area contributed by atoms with E-state index in [4.69, 9.17) is 11.6 Å². The first-order valence-corrected chi connectivity index (χ1v) is 6.31. The molecule has 1 aromatic rings. The molecular formula is C13H13ClN2O5. The van der Waals surface area contributed by atoms with Crippen molar-refractivity contribution in [1.82, 2.24) is 0 Å². The summed E-state index contributed by atoms with van der Waals surface area (Å²) in [5.74, 6) is -1.63. The van der Waals surface area contributed by atoms with Crippen LogP contribution in [0.25, 0.3) is 0 Å². The van der Waals surface area contributed by atoms with Crippen LogP contribution in [0.5, 0.6) is 0 Å². The standard InChI is InChI=1S/C13H13ClN2O5/c1-3-20-12(18)11(8(2)17)16-21-13(19)15-10-6-4-9(14)5-7-10/h4-7H,3H2,1-2H3,(H,15,19). The first-order valence-electron chi connectivity index (χ1n) is 5.93. The molecule has 0 saturated heterocycles. The van der Waals surface area contributed by atoms with Crippen LogP contribution in [0.2, 0.25) is 5.02 Å². The molecule has 112 valence electrons. The number of rotatable bonds is 5. The van der Waals surface area contributed by atoms with Crippen molar-refractivity contribution in [1.29, 1.82) is 0 Å². The Balaban J connectivity index is 2.67. The second kappa shape index (κ2) is 8.01. The van der Waals surface area contributed by atoms with Gasteiger partial charge in [-0.15, -0.1) is 0 Å². The van der Waals surface area contributed by atoms with Gasteiger partial charge in [0.1, 0.15) is 0 Å². The third kappa shape index (κ3) is 5.62. The quantitative estimate of drug-likeness (QED) is 0.296. The van der Waals surface area contributed by atoms with Gasteiger partial charge in [-0.3, -0.25) is 14.9 Å². The van der Waals surface area contributed by atoms with Crippen LogP contribution in [0.1, 0.15) is 13.8 Å². The number of ether oxygens (including phenoxy) is 1. The summed E-state index contributed by atoms with van der Waals surface area (Å²) in [4.78, 5) is 38.5. The van der Waals surface area contributed by atoms with E-state index in [2.05, 4.69) is 20.0 Å². The predicted molar refractivity (Wildman–Crippen MR) is 76.3 cm³/mol. The van der Waals surface area contributed by atoms with E-state index in [0.29, 0.717) is 10.7 Å². The molecule has 21 heavy (non-hydrogen) atoms. The lowest BCUT2D eigenvalue weighted by molar-refractivity contribution is -0.135. The molecule has 8 heteroatoms. The third-order valence-electron chi connectivity index (χ3n) is 2.11. The second-order valence-corrected chi connectivity index (χ2v) is 4.16. The lowest BCUT2D eigenvalue weighted by Crippen LogP contribution is -2.25. The van der Waals surface area contributed by atoms with Gasteiger partial charge in [-0.1, -0.05) is 16.8 Å². The van der Waals surface area contributed by atoms with Crippen LogP contribution in [0.3, 0.4) is 0 Å². The Kier molecular flexibility index (Phi) is 6.35. The number of hydrogen-bond acceptors (Lipinski definition) is 6. The summed E-state index contributed by atoms with van der Waals surface area (Å²) in [7, 11) is 0. The maximum absolute atomic E-state index is 11.5. The van der Waals surface area contributed by atoms with Crippen LogP contribution >= 0.6 is 11.6 Å². The van der Waals surface area contributed by atoms with Gasteiger partial charge < -0.3 is 4.74 Å². The first-order chi connectivity index (χ1) is 9.93. The van der Waals surface area contributed by atoms with E-state index in [1.165, 1.54) is 0 Å². The minimum atomic E-state index is -0.958. The summed E-state index contributed by atoms with van der Waals surface area (Å²) in [6, 6.07) is 6.23. The fourth-order valence-electron chi connectivity index (χ4n) is 1.21. The van der Waals surface area contributed by atoms with Crippen molar-refractivity contribution in [2.24, 2.45) is 5.16 Å². The molecule has 0 aromatic heterocycles. The number of benzene rings is 1. The van der Waals surface area contributed by atoms with Gasteiger partial charge in [-0.25, -0.2) is 9.59 Å². The van der Waals surface area contributed by atoms with Crippen molar-refractivity contribution in [3.8, 4) is 0 Å². The number of Topliss-reactive ketones (excluding diaryl/α,β-unsaturated/α-hetero) is 1. The Bertz CT molecular complexity index is 568. The van der Waals surface area contributed by atoms with Crippen LogP contribution in [0.4, 0.5) is 10.5 Å². The summed E-state index contributed by atoms with van der Waals surface area (Å²) < 4.78 is 4.61. The van der Waals surface area contributed by atoms with Crippen molar-refractivity contribution in [3.05, 3.63) is 29.3 Å². The highest BCUT2D eigenvalue weighted by molar-refractivity contribution is 6.63. The summed E-state index contributed by atoms with van der Waals surface area (Å²) >= 11 is 5.70. The number of anilines is 1. The zero-order valence-corrected chi connectivity index (χ0v) is 12.1. The molecule has 0 saturated carbocycles. The monoisotopic (exact) mass is 312 g/mol. The number of amides is 1. The maximum Gasteiger partial charge on any atom is 0.437 e. The van der Waals surface area contributed by atoms with Crippen molar-refractivity contribution < 1.29 is 24.0 Å². The molecule has 1 rings (SSSR count). The van der Waals surface area contributed by atoms with Gasteiger partial charge in [0.2, 0.25) is 5.71 Å². The summed E-state index contributed by atoms with van der Waals surface area (Å²) in [5, 5.41) is 6.06. The minimum Gasteiger partial charge on any atom is -0.461 e. The fraction of sp³-hybridized carbons (Fsp3) is 0.231. The highest BCUT2D eigenvalue weighted by Crippen LogP contribution is 2.13. The number of carbonyl (C=O) groups is 3. The predicted octanol–water partition coefficient (Wildman–Crippen LogP) is 2.40. The molecule has 0 bridgehead atoms. The lowest BCUT2D eigenvalue weighted by atomic mass is 10.3. The van der Waals surface area contributed by atoms with E-state index in [1.54, 1.807) is 31.2 Å². The Labute approximate surface area is 125 Å². The second-order valence-electron chi connectivity index (χ2n) is 3.73. The van der Waals surface area contributed by atoms with Crippen LogP contribution in [-0.4, -0.2) is 30.2 Å². The zero-order chi connectivity index (χ0) is 15.8. The molecule has 0 spiro atoms. The van der Waals surface area contributed by atoms with Crippen LogP contribution in [-0.2, 0) is 19.2 Å². The first kappa shape index (κ1) is 16.6. The smallest absolute Gasteiger partial charge is 0.437 e. The molecule has 1 N–H and O–H groups in total. The molecule has 0 aliphatic rings. The molecule has 0 heterocycles. The van der Waals surface area contributed by atoms with Crippen LogP contribution < -0.4 is 5.32 Å².